The summed E-state index contributed by atoms with van der Waals surface area (Å²) in [6, 6.07) is 9.73. The lowest BCUT2D eigenvalue weighted by atomic mass is 9.93. The summed E-state index contributed by atoms with van der Waals surface area (Å²) in [5.41, 5.74) is 5.19. The van der Waals surface area contributed by atoms with E-state index in [-0.39, 0.29) is 17.8 Å². The van der Waals surface area contributed by atoms with Gasteiger partial charge in [0.1, 0.15) is 12.0 Å². The topological polar surface area (TPSA) is 61.7 Å². The van der Waals surface area contributed by atoms with Crippen LogP contribution in [-0.2, 0) is 0 Å². The van der Waals surface area contributed by atoms with Gasteiger partial charge < -0.3 is 15.5 Å². The number of halogens is 2. The fraction of sp³-hybridized carbons (Fsp3) is 0.484. The molecule has 0 radical (unpaired) electrons. The number of amides is 1. The lowest BCUT2D eigenvalue weighted by Gasteiger charge is -2.28. The third kappa shape index (κ3) is 5.15. The number of piperidine rings is 1. The first kappa shape index (κ1) is 26.0. The second kappa shape index (κ2) is 10.8. The first-order valence-corrected chi connectivity index (χ1v) is 15.5. The Kier molecular flexibility index (Phi) is 7.06. The van der Waals surface area contributed by atoms with Gasteiger partial charge >= 0.3 is 0 Å². The number of thiazole rings is 1. The number of aromatic nitrogens is 2. The molecule has 2 aromatic heterocycles. The molecule has 4 aromatic rings. The Morgan fingerprint density at radius 1 is 1.10 bits per heavy atom. The average Bonchev–Trinajstić information content (AvgIpc) is 3.34. The highest BCUT2D eigenvalue weighted by Gasteiger charge is 2.31. The number of carbonyl (C=O) groups excluding carboxylic acids is 1. The number of fused-ring (bicyclic) bond motifs is 3. The summed E-state index contributed by atoms with van der Waals surface area (Å²) in [7, 11) is 0. The van der Waals surface area contributed by atoms with Crippen molar-refractivity contribution < 1.29 is 13.6 Å². The van der Waals surface area contributed by atoms with Crippen LogP contribution < -0.4 is 10.6 Å². The van der Waals surface area contributed by atoms with Crippen molar-refractivity contribution in [2.75, 3.05) is 32.7 Å². The number of alkyl halides is 1. The van der Waals surface area contributed by atoms with Gasteiger partial charge in [0.15, 0.2) is 4.96 Å². The molecule has 1 saturated carbocycles. The minimum atomic E-state index is -0.663. The summed E-state index contributed by atoms with van der Waals surface area (Å²) in [4.78, 5) is 20.7. The van der Waals surface area contributed by atoms with E-state index in [2.05, 4.69) is 15.5 Å². The number of likely N-dealkylation sites (tertiary alicyclic amines) is 1. The molecule has 7 rings (SSSR count). The van der Waals surface area contributed by atoms with Crippen molar-refractivity contribution in [3.05, 3.63) is 59.0 Å². The van der Waals surface area contributed by atoms with E-state index >= 15 is 4.39 Å². The summed E-state index contributed by atoms with van der Waals surface area (Å²) < 4.78 is 31.7. The zero-order chi connectivity index (χ0) is 27.2. The lowest BCUT2D eigenvalue weighted by Crippen LogP contribution is -2.36. The highest BCUT2D eigenvalue weighted by atomic mass is 32.1. The Labute approximate surface area is 236 Å². The number of nitrogens with zero attached hydrogens (tertiary/aromatic N) is 3. The van der Waals surface area contributed by atoms with Gasteiger partial charge in [-0.05, 0) is 105 Å². The number of benzene rings is 2. The maximum absolute atomic E-state index is 15.5. The van der Waals surface area contributed by atoms with Crippen molar-refractivity contribution in [3.63, 3.8) is 0 Å². The van der Waals surface area contributed by atoms with Crippen molar-refractivity contribution in [3.8, 4) is 11.3 Å². The molecule has 2 aromatic carbocycles. The molecular formula is C31H35F2N5OS. The Morgan fingerprint density at radius 3 is 2.73 bits per heavy atom. The Bertz CT molecular complexity index is 1550. The molecule has 1 aliphatic carbocycles. The number of hydrogen-bond donors (Lipinski definition) is 2. The van der Waals surface area contributed by atoms with E-state index in [4.69, 9.17) is 4.98 Å². The maximum atomic E-state index is 15.5. The number of hydrogen-bond acceptors (Lipinski definition) is 5. The summed E-state index contributed by atoms with van der Waals surface area (Å²) in [6.45, 7) is 4.05. The zero-order valence-electron chi connectivity index (χ0n) is 22.6. The van der Waals surface area contributed by atoms with E-state index in [1.54, 1.807) is 6.07 Å². The smallest absolute Gasteiger partial charge is 0.251 e. The second-order valence-electron chi connectivity index (χ2n) is 11.6. The van der Waals surface area contributed by atoms with Gasteiger partial charge in [0.25, 0.3) is 5.91 Å². The van der Waals surface area contributed by atoms with Crippen LogP contribution in [0.3, 0.4) is 0 Å². The Balaban J connectivity index is 1.06. The molecule has 40 heavy (non-hydrogen) atoms. The summed E-state index contributed by atoms with van der Waals surface area (Å²) in [5, 5.41) is 6.55. The van der Waals surface area contributed by atoms with Gasteiger partial charge in [-0.3, -0.25) is 9.20 Å². The molecule has 3 aliphatic rings. The largest absolute Gasteiger partial charge is 0.352 e. The molecule has 2 N–H and O–H groups in total. The molecule has 0 bridgehead atoms. The molecule has 1 amide bonds. The van der Waals surface area contributed by atoms with Gasteiger partial charge in [-0.2, -0.15) is 0 Å². The van der Waals surface area contributed by atoms with E-state index in [1.807, 2.05) is 34.9 Å². The van der Waals surface area contributed by atoms with Crippen molar-refractivity contribution in [2.24, 2.45) is 0 Å². The van der Waals surface area contributed by atoms with Crippen LogP contribution in [0.2, 0.25) is 0 Å². The van der Waals surface area contributed by atoms with E-state index in [0.29, 0.717) is 42.1 Å². The summed E-state index contributed by atoms with van der Waals surface area (Å²) >= 11 is 1.51. The van der Waals surface area contributed by atoms with E-state index in [1.165, 1.54) is 29.7 Å². The molecule has 3 fully saturated rings. The van der Waals surface area contributed by atoms with Crippen LogP contribution in [0.25, 0.3) is 26.4 Å². The Hall–Kier alpha value is -2.88. The van der Waals surface area contributed by atoms with Crippen molar-refractivity contribution in [2.45, 2.75) is 63.1 Å². The highest BCUT2D eigenvalue weighted by Crippen LogP contribution is 2.46. The van der Waals surface area contributed by atoms with Crippen molar-refractivity contribution >= 4 is 32.4 Å². The Morgan fingerprint density at radius 2 is 1.95 bits per heavy atom. The first-order valence-electron chi connectivity index (χ1n) is 14.7. The molecule has 4 heterocycles. The van der Waals surface area contributed by atoms with E-state index < -0.39 is 6.17 Å². The molecule has 0 unspecified atom stereocenters. The molecule has 0 spiro atoms. The molecular weight excluding hydrogens is 528 g/mol. The highest BCUT2D eigenvalue weighted by molar-refractivity contribution is 7.23. The molecule has 210 valence electrons. The minimum Gasteiger partial charge on any atom is -0.352 e. The minimum absolute atomic E-state index is 0.0948. The van der Waals surface area contributed by atoms with Crippen LogP contribution in [0.1, 0.15) is 78.4 Å². The number of nitrogens with one attached hydrogen (secondary N) is 2. The second-order valence-corrected chi connectivity index (χ2v) is 12.6. The van der Waals surface area contributed by atoms with Crippen molar-refractivity contribution in [1.29, 1.82) is 0 Å². The third-order valence-electron chi connectivity index (χ3n) is 8.71. The number of carbonyl (C=O) groups is 1. The predicted molar refractivity (Wildman–Crippen MR) is 155 cm³/mol. The zero-order valence-corrected chi connectivity index (χ0v) is 23.4. The predicted octanol–water partition coefficient (Wildman–Crippen LogP) is 6.21. The van der Waals surface area contributed by atoms with Gasteiger partial charge in [0.2, 0.25) is 0 Å². The molecule has 1 atom stereocenters. The summed E-state index contributed by atoms with van der Waals surface area (Å²) in [6.07, 6.45) is 7.85. The quantitative estimate of drug-likeness (QED) is 0.250. The SMILES string of the molecule is O=C(NCCCN1CCC(F)CC1)c1ccc2c(c1)sc1nc(-c3cc(C4CC4)c([C@@H]4CCCN4)cc3F)cn12. The van der Waals surface area contributed by atoms with Gasteiger partial charge in [0, 0.05) is 43.0 Å². The summed E-state index contributed by atoms with van der Waals surface area (Å²) in [5.74, 6) is 0.219. The normalized spacial score (nSPS) is 20.6. The molecule has 2 aliphatic heterocycles. The molecule has 2 saturated heterocycles. The van der Waals surface area contributed by atoms with Gasteiger partial charge in [-0.25, -0.2) is 13.8 Å². The van der Waals surface area contributed by atoms with E-state index in [9.17, 15) is 9.18 Å². The van der Waals surface area contributed by atoms with Crippen LogP contribution >= 0.6 is 11.3 Å². The van der Waals surface area contributed by atoms with Crippen molar-refractivity contribution in [1.82, 2.24) is 24.9 Å². The van der Waals surface area contributed by atoms with Crippen LogP contribution in [0.5, 0.6) is 0 Å². The molecule has 6 nitrogen and oxygen atoms in total. The third-order valence-corrected chi connectivity index (χ3v) is 9.73. The van der Waals surface area contributed by atoms with Gasteiger partial charge in [-0.15, -0.1) is 0 Å². The number of rotatable bonds is 8. The lowest BCUT2D eigenvalue weighted by molar-refractivity contribution is 0.0950. The fourth-order valence-electron chi connectivity index (χ4n) is 6.31. The molecule has 9 heteroatoms. The standard InChI is InChI=1S/C31H35F2N5OS/c32-21-8-13-37(14-9-21)12-2-11-35-30(39)20-6-7-28-29(15-20)40-31-36-27(18-38(28)31)24-16-22(19-4-5-19)23(17-25(24)33)26-3-1-10-34-26/h6-7,15-19,21,26,34H,1-5,8-14H2,(H,35,39)/t26-/m0/s1. The average molecular weight is 564 g/mol. The van der Waals surface area contributed by atoms with Crippen LogP contribution in [0.4, 0.5) is 8.78 Å². The number of imidazole rings is 1. The first-order chi connectivity index (χ1) is 19.5. The van der Waals surface area contributed by atoms with Gasteiger partial charge in [-0.1, -0.05) is 11.3 Å². The van der Waals surface area contributed by atoms with Crippen LogP contribution in [-0.4, -0.2) is 59.1 Å². The van der Waals surface area contributed by atoms with Gasteiger partial charge in [0.05, 0.1) is 15.9 Å². The monoisotopic (exact) mass is 563 g/mol. The maximum Gasteiger partial charge on any atom is 0.251 e. The van der Waals surface area contributed by atoms with E-state index in [0.717, 1.165) is 66.2 Å². The van der Waals surface area contributed by atoms with Crippen LogP contribution in [0.15, 0.2) is 36.5 Å². The fourth-order valence-corrected chi connectivity index (χ4v) is 7.35. The van der Waals surface area contributed by atoms with Crippen LogP contribution in [0, 0.1) is 5.82 Å².